The molecule has 0 spiro atoms. The molecule has 0 radical (unpaired) electrons. The quantitative estimate of drug-likeness (QED) is 0.811. The molecule has 0 saturated heterocycles. The van der Waals surface area contributed by atoms with Gasteiger partial charge in [-0.2, -0.15) is 0 Å². The first kappa shape index (κ1) is 15.4. The van der Waals surface area contributed by atoms with E-state index in [9.17, 15) is 9.59 Å². The maximum atomic E-state index is 11.6. The average Bonchev–Trinajstić information content (AvgIpc) is 2.33. The second kappa shape index (κ2) is 7.09. The molecule has 0 aromatic heterocycles. The van der Waals surface area contributed by atoms with Crippen molar-refractivity contribution in [3.05, 3.63) is 35.9 Å². The fourth-order valence-electron chi connectivity index (χ4n) is 1.54. The van der Waals surface area contributed by atoms with Gasteiger partial charge in [-0.25, -0.2) is 0 Å². The molecule has 1 amide bonds. The van der Waals surface area contributed by atoms with Crippen molar-refractivity contribution in [2.24, 2.45) is 0 Å². The van der Waals surface area contributed by atoms with Gasteiger partial charge in [0, 0.05) is 6.42 Å². The lowest BCUT2D eigenvalue weighted by Crippen LogP contribution is -2.36. The summed E-state index contributed by atoms with van der Waals surface area (Å²) in [6, 6.07) is 9.78. The normalized spacial score (nSPS) is 10.9. The van der Waals surface area contributed by atoms with Gasteiger partial charge < -0.3 is 9.74 Å². The minimum Gasteiger partial charge on any atom is -0.519 e. The van der Waals surface area contributed by atoms with Gasteiger partial charge in [0.25, 0.3) is 0 Å². The number of hydrogen-bond donors (Lipinski definition) is 1. The zero-order valence-corrected chi connectivity index (χ0v) is 12.7. The lowest BCUT2D eigenvalue weighted by Gasteiger charge is -2.17. The first-order chi connectivity index (χ1) is 8.87. The Morgan fingerprint density at radius 3 is 2.37 bits per heavy atom. The number of rotatable bonds is 6. The van der Waals surface area contributed by atoms with Crippen LogP contribution in [0.15, 0.2) is 30.3 Å². The fraction of sp³-hybridized carbons (Fsp3) is 0.429. The van der Waals surface area contributed by atoms with Crippen molar-refractivity contribution in [2.45, 2.75) is 32.5 Å². The molecule has 0 aliphatic carbocycles. The van der Waals surface area contributed by atoms with Gasteiger partial charge in [0.1, 0.15) is 6.54 Å². The standard InChI is InChI=1S/C14H21NO3Si/c1-19(2,3)18-14(17)11-15-13(16)10-9-12-7-5-4-6-8-12/h4-8H,9-11H2,1-3H3,(H,15,16). The van der Waals surface area contributed by atoms with Crippen LogP contribution in [0.3, 0.4) is 0 Å². The second-order valence-electron chi connectivity index (χ2n) is 5.35. The molecule has 0 aliphatic heterocycles. The van der Waals surface area contributed by atoms with Crippen LogP contribution >= 0.6 is 0 Å². The first-order valence-electron chi connectivity index (χ1n) is 6.39. The molecule has 0 aliphatic rings. The van der Waals surface area contributed by atoms with Crippen molar-refractivity contribution >= 4 is 20.2 Å². The van der Waals surface area contributed by atoms with Crippen LogP contribution in [0.25, 0.3) is 0 Å². The Morgan fingerprint density at radius 1 is 1.16 bits per heavy atom. The Balaban J connectivity index is 2.23. The molecule has 0 fully saturated rings. The summed E-state index contributed by atoms with van der Waals surface area (Å²) in [5.74, 6) is -0.483. The number of hydrogen-bond acceptors (Lipinski definition) is 3. The SMILES string of the molecule is C[Si](C)(C)OC(=O)CNC(=O)CCc1ccccc1. The van der Waals surface area contributed by atoms with E-state index in [4.69, 9.17) is 4.43 Å². The molecule has 0 atom stereocenters. The molecule has 1 aromatic rings. The van der Waals surface area contributed by atoms with Crippen LogP contribution in [0.5, 0.6) is 0 Å². The van der Waals surface area contributed by atoms with Gasteiger partial charge in [-0.3, -0.25) is 9.59 Å². The molecule has 1 N–H and O–H groups in total. The highest BCUT2D eigenvalue weighted by molar-refractivity contribution is 6.71. The van der Waals surface area contributed by atoms with Gasteiger partial charge in [-0.05, 0) is 31.6 Å². The number of nitrogens with one attached hydrogen (secondary N) is 1. The van der Waals surface area contributed by atoms with Crippen LogP contribution in [0.2, 0.25) is 19.6 Å². The van der Waals surface area contributed by atoms with Gasteiger partial charge in [0.15, 0.2) is 0 Å². The first-order valence-corrected chi connectivity index (χ1v) is 9.80. The number of carbonyl (C=O) groups is 2. The molecule has 0 bridgehead atoms. The third-order valence-corrected chi connectivity index (χ3v) is 3.17. The summed E-state index contributed by atoms with van der Waals surface area (Å²) in [6.45, 7) is 5.75. The van der Waals surface area contributed by atoms with Gasteiger partial charge in [-0.1, -0.05) is 30.3 Å². The van der Waals surface area contributed by atoms with Gasteiger partial charge in [0.2, 0.25) is 14.2 Å². The fourth-order valence-corrected chi connectivity index (χ4v) is 2.29. The summed E-state index contributed by atoms with van der Waals surface area (Å²) in [5.41, 5.74) is 1.11. The maximum Gasteiger partial charge on any atom is 0.312 e. The molecular formula is C14H21NO3Si. The molecule has 0 unspecified atom stereocenters. The summed E-state index contributed by atoms with van der Waals surface area (Å²) >= 11 is 0. The molecule has 5 heteroatoms. The van der Waals surface area contributed by atoms with Crippen LogP contribution in [-0.4, -0.2) is 26.7 Å². The number of aryl methyl sites for hydroxylation is 1. The Bertz CT molecular complexity index is 426. The van der Waals surface area contributed by atoms with Crippen LogP contribution < -0.4 is 5.32 Å². The molecule has 19 heavy (non-hydrogen) atoms. The summed E-state index contributed by atoms with van der Waals surface area (Å²) in [4.78, 5) is 23.0. The second-order valence-corrected chi connectivity index (χ2v) is 9.78. The Labute approximate surface area is 115 Å². The van der Waals surface area contributed by atoms with Crippen molar-refractivity contribution in [2.75, 3.05) is 6.54 Å². The van der Waals surface area contributed by atoms with Crippen LogP contribution in [0, 0.1) is 0 Å². The van der Waals surface area contributed by atoms with Gasteiger partial charge >= 0.3 is 5.97 Å². The third-order valence-electron chi connectivity index (χ3n) is 2.33. The summed E-state index contributed by atoms with van der Waals surface area (Å²) in [7, 11) is -1.86. The third kappa shape index (κ3) is 7.41. The minimum atomic E-state index is -1.86. The van der Waals surface area contributed by atoms with Crippen LogP contribution in [-0.2, 0) is 20.4 Å². The van der Waals surface area contributed by atoms with Crippen molar-refractivity contribution in [3.8, 4) is 0 Å². The lowest BCUT2D eigenvalue weighted by molar-refractivity contribution is -0.136. The maximum absolute atomic E-state index is 11.6. The van der Waals surface area contributed by atoms with E-state index in [0.717, 1.165) is 5.56 Å². The molecule has 1 aromatic carbocycles. The van der Waals surface area contributed by atoms with Gasteiger partial charge in [-0.15, -0.1) is 0 Å². The Kier molecular flexibility index (Phi) is 5.76. The van der Waals surface area contributed by atoms with E-state index < -0.39 is 8.32 Å². The van der Waals surface area contributed by atoms with Crippen molar-refractivity contribution in [3.63, 3.8) is 0 Å². The number of amides is 1. The van der Waals surface area contributed by atoms with E-state index in [1.165, 1.54) is 0 Å². The largest absolute Gasteiger partial charge is 0.519 e. The Morgan fingerprint density at radius 2 is 1.79 bits per heavy atom. The molecule has 0 heterocycles. The molecule has 0 saturated carbocycles. The van der Waals surface area contributed by atoms with E-state index in [1.807, 2.05) is 50.0 Å². The number of carbonyl (C=O) groups excluding carboxylic acids is 2. The summed E-state index contributed by atoms with van der Waals surface area (Å²) in [5, 5.41) is 2.58. The van der Waals surface area contributed by atoms with E-state index in [0.29, 0.717) is 12.8 Å². The van der Waals surface area contributed by atoms with E-state index in [-0.39, 0.29) is 18.4 Å². The smallest absolute Gasteiger partial charge is 0.312 e. The van der Waals surface area contributed by atoms with Crippen molar-refractivity contribution in [1.29, 1.82) is 0 Å². The molecular weight excluding hydrogens is 258 g/mol. The van der Waals surface area contributed by atoms with E-state index in [1.54, 1.807) is 0 Å². The van der Waals surface area contributed by atoms with Crippen LogP contribution in [0.1, 0.15) is 12.0 Å². The summed E-state index contributed by atoms with van der Waals surface area (Å²) < 4.78 is 5.24. The predicted molar refractivity (Wildman–Crippen MR) is 77.2 cm³/mol. The van der Waals surface area contributed by atoms with E-state index >= 15 is 0 Å². The molecule has 4 nitrogen and oxygen atoms in total. The van der Waals surface area contributed by atoms with Crippen LogP contribution in [0.4, 0.5) is 0 Å². The molecule has 104 valence electrons. The van der Waals surface area contributed by atoms with E-state index in [2.05, 4.69) is 5.32 Å². The number of benzene rings is 1. The lowest BCUT2D eigenvalue weighted by atomic mass is 10.1. The Hall–Kier alpha value is -1.62. The minimum absolute atomic E-state index is 0.0438. The highest BCUT2D eigenvalue weighted by atomic mass is 28.4. The zero-order valence-electron chi connectivity index (χ0n) is 11.7. The summed E-state index contributed by atoms with van der Waals surface area (Å²) in [6.07, 6.45) is 1.06. The topological polar surface area (TPSA) is 55.4 Å². The highest BCUT2D eigenvalue weighted by Crippen LogP contribution is 2.03. The van der Waals surface area contributed by atoms with Crippen molar-refractivity contribution in [1.82, 2.24) is 5.32 Å². The predicted octanol–water partition coefficient (Wildman–Crippen LogP) is 2.11. The molecule has 1 rings (SSSR count). The zero-order chi connectivity index (χ0) is 14.3. The monoisotopic (exact) mass is 279 g/mol. The average molecular weight is 279 g/mol. The highest BCUT2D eigenvalue weighted by Gasteiger charge is 2.19. The van der Waals surface area contributed by atoms with Gasteiger partial charge in [0.05, 0.1) is 0 Å². The van der Waals surface area contributed by atoms with Crippen molar-refractivity contribution < 1.29 is 14.0 Å².